The lowest BCUT2D eigenvalue weighted by molar-refractivity contribution is 0.0415. The quantitative estimate of drug-likeness (QED) is 0.192. The molecule has 2 rings (SSSR count). The fourth-order valence-corrected chi connectivity index (χ4v) is 3.15. The van der Waals surface area contributed by atoms with Crippen LogP contribution < -0.4 is 0 Å². The molecule has 0 heterocycles. The van der Waals surface area contributed by atoms with Gasteiger partial charge >= 0.3 is 0 Å². The summed E-state index contributed by atoms with van der Waals surface area (Å²) >= 11 is 18.9. The van der Waals surface area contributed by atoms with Crippen molar-refractivity contribution in [1.82, 2.24) is 9.80 Å². The van der Waals surface area contributed by atoms with Crippen LogP contribution in [0.25, 0.3) is 0 Å². The lowest BCUT2D eigenvalue weighted by atomic mass is 10.3. The van der Waals surface area contributed by atoms with Crippen molar-refractivity contribution in [2.24, 2.45) is 0 Å². The molecule has 2 aliphatic carbocycles. The summed E-state index contributed by atoms with van der Waals surface area (Å²) in [5.41, 5.74) is 8.50. The molecule has 0 aromatic rings. The number of thiol groups is 2. The van der Waals surface area contributed by atoms with Gasteiger partial charge in [-0.05, 0) is 24.3 Å². The van der Waals surface area contributed by atoms with Crippen LogP contribution in [0.4, 0.5) is 0 Å². The van der Waals surface area contributed by atoms with Gasteiger partial charge < -0.3 is 19.3 Å². The summed E-state index contributed by atoms with van der Waals surface area (Å²) in [5, 5.41) is 0. The zero-order valence-corrected chi connectivity index (χ0v) is 19.0. The molecule has 0 atom stereocenters. The summed E-state index contributed by atoms with van der Waals surface area (Å²) in [5.74, 6) is 0. The molecular weight excluding hydrogens is 429 g/mol. The summed E-state index contributed by atoms with van der Waals surface area (Å²) in [6.45, 7) is 4.91. The van der Waals surface area contributed by atoms with Crippen LogP contribution in [0.1, 0.15) is 0 Å². The normalized spacial score (nSPS) is 13.8. The highest BCUT2D eigenvalue weighted by atomic mass is 32.1. The number of hydrogen-bond donors (Lipinski definition) is 2. The van der Waals surface area contributed by atoms with Crippen molar-refractivity contribution in [3.8, 4) is 0 Å². The van der Waals surface area contributed by atoms with Gasteiger partial charge in [-0.25, -0.2) is 0 Å². The lowest BCUT2D eigenvalue weighted by Gasteiger charge is -2.23. The number of allylic oxidation sites excluding steroid dienone is 2. The molecule has 0 fully saturated rings. The van der Waals surface area contributed by atoms with Crippen molar-refractivity contribution < 1.29 is 9.47 Å². The predicted octanol–water partition coefficient (Wildman–Crippen LogP) is 3.36. The van der Waals surface area contributed by atoms with E-state index in [4.69, 9.17) is 33.9 Å². The Morgan fingerprint density at radius 1 is 0.786 bits per heavy atom. The molecule has 150 valence electrons. The maximum absolute atomic E-state index is 5.64. The van der Waals surface area contributed by atoms with Gasteiger partial charge in [0.05, 0.1) is 39.5 Å². The Hall–Kier alpha value is -1.08. The summed E-state index contributed by atoms with van der Waals surface area (Å²) in [7, 11) is 0. The van der Waals surface area contributed by atoms with Gasteiger partial charge in [0, 0.05) is 24.2 Å². The molecule has 0 unspecified atom stereocenters. The minimum atomic E-state index is 0.525. The first-order valence-electron chi connectivity index (χ1n) is 8.92. The molecule has 0 bridgehead atoms. The molecular formula is C20H24N2O2S4. The fraction of sp³-hybridized carbons (Fsp3) is 0.400. The molecule has 0 aliphatic heterocycles. The van der Waals surface area contributed by atoms with E-state index in [-0.39, 0.29) is 0 Å². The largest absolute Gasteiger partial charge is 0.377 e. The molecule has 0 aromatic carbocycles. The third-order valence-electron chi connectivity index (χ3n) is 3.97. The van der Waals surface area contributed by atoms with Crippen molar-refractivity contribution in [2.75, 3.05) is 52.6 Å². The minimum absolute atomic E-state index is 0.525. The van der Waals surface area contributed by atoms with E-state index >= 15 is 0 Å². The highest BCUT2D eigenvalue weighted by molar-refractivity contribution is 8.11. The number of hydrogen-bond acceptors (Lipinski definition) is 4. The van der Waals surface area contributed by atoms with Crippen molar-refractivity contribution >= 4 is 58.3 Å². The Kier molecular flexibility index (Phi) is 10.9. The second-order valence-corrected chi connectivity index (χ2v) is 8.25. The second-order valence-electron chi connectivity index (χ2n) is 6.02. The van der Waals surface area contributed by atoms with Gasteiger partial charge in [0.15, 0.2) is 0 Å². The van der Waals surface area contributed by atoms with Crippen LogP contribution in [0.5, 0.6) is 0 Å². The maximum atomic E-state index is 5.64. The molecule has 0 amide bonds. The predicted molar refractivity (Wildman–Crippen MR) is 129 cm³/mol. The number of rotatable bonds is 13. The van der Waals surface area contributed by atoms with Crippen molar-refractivity contribution in [3.05, 3.63) is 59.1 Å². The summed E-state index contributed by atoms with van der Waals surface area (Å²) in [6, 6.07) is 0. The lowest BCUT2D eigenvalue weighted by Crippen LogP contribution is -2.32. The molecule has 2 aliphatic rings. The summed E-state index contributed by atoms with van der Waals surface area (Å²) in [4.78, 5) is 3.97. The summed E-state index contributed by atoms with van der Waals surface area (Å²) in [6.07, 6.45) is 11.7. The van der Waals surface area contributed by atoms with Gasteiger partial charge in [-0.1, -0.05) is 36.6 Å². The monoisotopic (exact) mass is 452 g/mol. The standard InChI is InChI=1S/C20H24N2O2S4/c25-19(26)21(15-17-5-1-2-6-17)9-11-23-13-14-24-12-10-22(20(27)28)16-18-7-3-4-8-18/h1-5,7H,9-16H2,(H,25,26)(H,27,28). The van der Waals surface area contributed by atoms with Crippen LogP contribution in [0.15, 0.2) is 59.1 Å². The van der Waals surface area contributed by atoms with E-state index < -0.39 is 0 Å². The Balaban J connectivity index is 1.54. The van der Waals surface area contributed by atoms with Crippen LogP contribution in [-0.4, -0.2) is 71.0 Å². The van der Waals surface area contributed by atoms with E-state index in [1.165, 1.54) is 0 Å². The third-order valence-corrected chi connectivity index (χ3v) is 5.05. The molecule has 0 N–H and O–H groups in total. The Morgan fingerprint density at radius 3 is 1.54 bits per heavy atom. The molecule has 8 heteroatoms. The molecule has 0 saturated carbocycles. The van der Waals surface area contributed by atoms with E-state index in [0.717, 1.165) is 11.1 Å². The first kappa shape index (κ1) is 23.2. The Morgan fingerprint density at radius 2 is 1.21 bits per heavy atom. The van der Waals surface area contributed by atoms with Crippen LogP contribution in [0.3, 0.4) is 0 Å². The topological polar surface area (TPSA) is 24.9 Å². The molecule has 4 nitrogen and oxygen atoms in total. The average Bonchev–Trinajstić information content (AvgIpc) is 3.35. The highest BCUT2D eigenvalue weighted by Gasteiger charge is 2.10. The first-order chi connectivity index (χ1) is 13.6. The van der Waals surface area contributed by atoms with Crippen molar-refractivity contribution in [1.29, 1.82) is 0 Å². The number of thiocarbonyl (C=S) groups is 2. The average molecular weight is 453 g/mol. The van der Waals surface area contributed by atoms with Crippen molar-refractivity contribution in [3.63, 3.8) is 0 Å². The van der Waals surface area contributed by atoms with Crippen LogP contribution in [0.2, 0.25) is 0 Å². The molecule has 0 spiro atoms. The zero-order valence-electron chi connectivity index (χ0n) is 15.5. The van der Waals surface area contributed by atoms with E-state index in [0.29, 0.717) is 61.2 Å². The second kappa shape index (κ2) is 13.2. The molecule has 0 aromatic heterocycles. The molecule has 0 saturated heterocycles. The van der Waals surface area contributed by atoms with E-state index in [1.54, 1.807) is 0 Å². The first-order valence-corrected chi connectivity index (χ1v) is 10.6. The van der Waals surface area contributed by atoms with Gasteiger partial charge in [-0.3, -0.25) is 0 Å². The third kappa shape index (κ3) is 8.95. The van der Waals surface area contributed by atoms with Crippen molar-refractivity contribution in [2.45, 2.75) is 0 Å². The van der Waals surface area contributed by atoms with Gasteiger partial charge in [0.25, 0.3) is 0 Å². The van der Waals surface area contributed by atoms with Crippen LogP contribution in [-0.2, 0) is 9.47 Å². The SMILES string of the molecule is S=C(S)N(CCOCCOCCN(CC1=C=CC=C1)C(=S)S)CC1=C=CC=C1. The smallest absolute Gasteiger partial charge is 0.133 e. The minimum Gasteiger partial charge on any atom is -0.377 e. The number of nitrogens with zero attached hydrogens (tertiary/aromatic N) is 2. The van der Waals surface area contributed by atoms with Gasteiger partial charge in [-0.15, -0.1) is 36.7 Å². The van der Waals surface area contributed by atoms with Gasteiger partial charge in [0.2, 0.25) is 0 Å². The van der Waals surface area contributed by atoms with E-state index in [9.17, 15) is 0 Å². The van der Waals surface area contributed by atoms with Gasteiger partial charge in [-0.2, -0.15) is 0 Å². The Bertz CT molecular complexity index is 696. The maximum Gasteiger partial charge on any atom is 0.133 e. The van der Waals surface area contributed by atoms with Gasteiger partial charge in [0.1, 0.15) is 8.64 Å². The van der Waals surface area contributed by atoms with E-state index in [1.807, 2.05) is 46.3 Å². The summed E-state index contributed by atoms with van der Waals surface area (Å²) < 4.78 is 12.4. The van der Waals surface area contributed by atoms with E-state index in [2.05, 4.69) is 36.7 Å². The molecule has 28 heavy (non-hydrogen) atoms. The highest BCUT2D eigenvalue weighted by Crippen LogP contribution is 2.08. The Labute approximate surface area is 188 Å². The van der Waals surface area contributed by atoms with Crippen LogP contribution >= 0.6 is 49.7 Å². The zero-order chi connectivity index (χ0) is 20.2. The van der Waals surface area contributed by atoms with Crippen LogP contribution in [0, 0.1) is 0 Å². The number of ether oxygens (including phenoxy) is 2. The molecule has 0 radical (unpaired) electrons. The fourth-order valence-electron chi connectivity index (χ4n) is 2.50.